The highest BCUT2D eigenvalue weighted by molar-refractivity contribution is 5.65. The van der Waals surface area contributed by atoms with Gasteiger partial charge in [-0.15, -0.1) is 0 Å². The van der Waals surface area contributed by atoms with E-state index in [-0.39, 0.29) is 31.0 Å². The zero-order valence-corrected chi connectivity index (χ0v) is 8.36. The summed E-state index contributed by atoms with van der Waals surface area (Å²) in [5.74, 6) is -0.688. The molecule has 0 heterocycles. The predicted octanol–water partition coefficient (Wildman–Crippen LogP) is 0.175. The average Bonchev–Trinajstić information content (AvgIpc) is 2.11. The zero-order chi connectivity index (χ0) is 10.4. The lowest BCUT2D eigenvalue weighted by Crippen LogP contribution is -2.31. The molecule has 78 valence electrons. The van der Waals surface area contributed by atoms with Crippen LogP contribution in [0.3, 0.4) is 0 Å². The van der Waals surface area contributed by atoms with E-state index >= 15 is 0 Å². The van der Waals surface area contributed by atoms with Gasteiger partial charge in [0.15, 0.2) is 0 Å². The molecule has 0 aromatic heterocycles. The van der Waals surface area contributed by atoms with Crippen molar-refractivity contribution < 1.29 is 19.7 Å². The number of carbonyl (C=O) groups excluding carboxylic acids is 1. The fraction of sp³-hybridized carbons (Fsp3) is 0.889. The van der Waals surface area contributed by atoms with Crippen molar-refractivity contribution in [2.45, 2.75) is 26.9 Å². The third-order valence-corrected chi connectivity index (χ3v) is 2.00. The third-order valence-electron chi connectivity index (χ3n) is 2.00. The van der Waals surface area contributed by atoms with Gasteiger partial charge >= 0.3 is 5.97 Å². The number of ether oxygens (including phenoxy) is 1. The molecule has 0 saturated carbocycles. The Balaban J connectivity index is 3.81. The summed E-state index contributed by atoms with van der Waals surface area (Å²) in [5.41, 5.74) is 0. The molecule has 0 bridgehead atoms. The van der Waals surface area contributed by atoms with Crippen molar-refractivity contribution >= 4 is 5.97 Å². The topological polar surface area (TPSA) is 66.8 Å². The van der Waals surface area contributed by atoms with Crippen LogP contribution < -0.4 is 0 Å². The van der Waals surface area contributed by atoms with E-state index in [9.17, 15) is 9.90 Å². The van der Waals surface area contributed by atoms with Crippen LogP contribution in [0.5, 0.6) is 0 Å². The molecular weight excluding hydrogens is 172 g/mol. The molecule has 0 fully saturated rings. The van der Waals surface area contributed by atoms with Crippen molar-refractivity contribution in [3.05, 3.63) is 0 Å². The molecule has 0 aromatic carbocycles. The standard InChI is InChI=1S/C9H18O4/c1-6(4-10)9(12)7(2)5-13-8(3)11/h6-7,9-10,12H,4-5H2,1-3H3. The molecule has 3 atom stereocenters. The monoisotopic (exact) mass is 190 g/mol. The molecule has 0 aliphatic rings. The second kappa shape index (κ2) is 5.94. The van der Waals surface area contributed by atoms with E-state index in [1.807, 2.05) is 0 Å². The van der Waals surface area contributed by atoms with Gasteiger partial charge in [-0.25, -0.2) is 0 Å². The van der Waals surface area contributed by atoms with Gasteiger partial charge in [0, 0.05) is 25.4 Å². The van der Waals surface area contributed by atoms with Crippen molar-refractivity contribution in [2.24, 2.45) is 11.8 Å². The van der Waals surface area contributed by atoms with Gasteiger partial charge in [-0.05, 0) is 0 Å². The van der Waals surface area contributed by atoms with Crippen molar-refractivity contribution in [1.82, 2.24) is 0 Å². The van der Waals surface area contributed by atoms with Crippen LogP contribution in [0.1, 0.15) is 20.8 Å². The Morgan fingerprint density at radius 3 is 2.31 bits per heavy atom. The lowest BCUT2D eigenvalue weighted by molar-refractivity contribution is -0.143. The minimum Gasteiger partial charge on any atom is -0.465 e. The molecule has 0 spiro atoms. The number of aliphatic hydroxyl groups is 2. The van der Waals surface area contributed by atoms with Crippen LogP contribution in [0.25, 0.3) is 0 Å². The maximum Gasteiger partial charge on any atom is 0.302 e. The molecule has 0 radical (unpaired) electrons. The van der Waals surface area contributed by atoms with Gasteiger partial charge in [-0.2, -0.15) is 0 Å². The molecule has 4 nitrogen and oxygen atoms in total. The molecule has 2 N–H and O–H groups in total. The molecule has 0 aliphatic carbocycles. The molecule has 0 aliphatic heterocycles. The van der Waals surface area contributed by atoms with Crippen LogP contribution in [-0.4, -0.2) is 35.5 Å². The third kappa shape index (κ3) is 4.85. The van der Waals surface area contributed by atoms with Crippen LogP contribution in [0, 0.1) is 11.8 Å². The fourth-order valence-electron chi connectivity index (χ4n) is 1.02. The van der Waals surface area contributed by atoms with Gasteiger partial charge in [0.1, 0.15) is 0 Å². The van der Waals surface area contributed by atoms with Crippen LogP contribution >= 0.6 is 0 Å². The summed E-state index contributed by atoms with van der Waals surface area (Å²) in [6.07, 6.45) is -0.635. The number of rotatable bonds is 5. The first-order valence-corrected chi connectivity index (χ1v) is 4.41. The van der Waals surface area contributed by atoms with E-state index in [0.29, 0.717) is 0 Å². The molecular formula is C9H18O4. The van der Waals surface area contributed by atoms with Gasteiger partial charge in [-0.1, -0.05) is 13.8 Å². The average molecular weight is 190 g/mol. The maximum atomic E-state index is 10.5. The molecule has 0 rings (SSSR count). The fourth-order valence-corrected chi connectivity index (χ4v) is 1.02. The van der Waals surface area contributed by atoms with Crippen LogP contribution in [0.15, 0.2) is 0 Å². The first kappa shape index (κ1) is 12.4. The normalized spacial score (nSPS) is 17.6. The highest BCUT2D eigenvalue weighted by atomic mass is 16.5. The summed E-state index contributed by atoms with van der Waals surface area (Å²) in [6.45, 7) is 4.98. The lowest BCUT2D eigenvalue weighted by atomic mass is 9.95. The van der Waals surface area contributed by atoms with E-state index in [4.69, 9.17) is 9.84 Å². The maximum absolute atomic E-state index is 10.5. The van der Waals surface area contributed by atoms with E-state index in [0.717, 1.165) is 0 Å². The van der Waals surface area contributed by atoms with E-state index in [2.05, 4.69) is 0 Å². The van der Waals surface area contributed by atoms with Gasteiger partial charge in [0.2, 0.25) is 0 Å². The van der Waals surface area contributed by atoms with Gasteiger partial charge < -0.3 is 14.9 Å². The van der Waals surface area contributed by atoms with Crippen LogP contribution in [0.2, 0.25) is 0 Å². The van der Waals surface area contributed by atoms with Crippen LogP contribution in [0.4, 0.5) is 0 Å². The summed E-state index contributed by atoms with van der Waals surface area (Å²) in [6, 6.07) is 0. The molecule has 3 unspecified atom stereocenters. The Hall–Kier alpha value is -0.610. The molecule has 0 aromatic rings. The number of hydrogen-bond donors (Lipinski definition) is 2. The summed E-state index contributed by atoms with van der Waals surface area (Å²) < 4.78 is 4.74. The largest absolute Gasteiger partial charge is 0.465 e. The number of carbonyl (C=O) groups is 1. The van der Waals surface area contributed by atoms with Gasteiger partial charge in [0.05, 0.1) is 12.7 Å². The number of hydrogen-bond acceptors (Lipinski definition) is 4. The Kier molecular flexibility index (Phi) is 5.66. The highest BCUT2D eigenvalue weighted by Gasteiger charge is 2.21. The summed E-state index contributed by atoms with van der Waals surface area (Å²) in [4.78, 5) is 10.5. The van der Waals surface area contributed by atoms with Gasteiger partial charge in [-0.3, -0.25) is 4.79 Å². The van der Waals surface area contributed by atoms with E-state index in [1.54, 1.807) is 13.8 Å². The molecule has 0 saturated heterocycles. The minimum absolute atomic E-state index is 0.0639. The smallest absolute Gasteiger partial charge is 0.302 e. The van der Waals surface area contributed by atoms with Crippen molar-refractivity contribution in [2.75, 3.05) is 13.2 Å². The van der Waals surface area contributed by atoms with Crippen molar-refractivity contribution in [1.29, 1.82) is 0 Å². The lowest BCUT2D eigenvalue weighted by Gasteiger charge is -2.22. The quantitative estimate of drug-likeness (QED) is 0.607. The minimum atomic E-state index is -0.635. The Bertz CT molecular complexity index is 158. The number of esters is 1. The van der Waals surface area contributed by atoms with Crippen molar-refractivity contribution in [3.8, 4) is 0 Å². The zero-order valence-electron chi connectivity index (χ0n) is 8.36. The first-order chi connectivity index (χ1) is 5.99. The Morgan fingerprint density at radius 2 is 1.92 bits per heavy atom. The first-order valence-electron chi connectivity index (χ1n) is 4.41. The second-order valence-electron chi connectivity index (χ2n) is 3.43. The SMILES string of the molecule is CC(=O)OCC(C)C(O)C(C)CO. The highest BCUT2D eigenvalue weighted by Crippen LogP contribution is 2.12. The van der Waals surface area contributed by atoms with E-state index in [1.165, 1.54) is 6.92 Å². The van der Waals surface area contributed by atoms with E-state index < -0.39 is 6.10 Å². The summed E-state index contributed by atoms with van der Waals surface area (Å²) in [7, 11) is 0. The molecule has 13 heavy (non-hydrogen) atoms. The summed E-state index contributed by atoms with van der Waals surface area (Å²) >= 11 is 0. The number of aliphatic hydroxyl groups excluding tert-OH is 2. The molecule has 0 amide bonds. The van der Waals surface area contributed by atoms with Gasteiger partial charge in [0.25, 0.3) is 0 Å². The Morgan fingerprint density at radius 1 is 1.38 bits per heavy atom. The van der Waals surface area contributed by atoms with Crippen molar-refractivity contribution in [3.63, 3.8) is 0 Å². The molecule has 4 heteroatoms. The predicted molar refractivity (Wildman–Crippen MR) is 48.1 cm³/mol. The second-order valence-corrected chi connectivity index (χ2v) is 3.43. The summed E-state index contributed by atoms with van der Waals surface area (Å²) in [5, 5.41) is 18.3. The van der Waals surface area contributed by atoms with Crippen LogP contribution in [-0.2, 0) is 9.53 Å². The Labute approximate surface area is 78.5 Å².